The molecule has 4 heteroatoms. The lowest BCUT2D eigenvalue weighted by Gasteiger charge is -2.16. The van der Waals surface area contributed by atoms with Gasteiger partial charge in [-0.25, -0.2) is 4.79 Å². The van der Waals surface area contributed by atoms with Gasteiger partial charge in [0.05, 0.1) is 6.10 Å². The zero-order valence-electron chi connectivity index (χ0n) is 26.8. The Labute approximate surface area is 269 Å². The van der Waals surface area contributed by atoms with Gasteiger partial charge in [-0.3, -0.25) is 0 Å². The lowest BCUT2D eigenvalue weighted by atomic mass is 9.97. The van der Waals surface area contributed by atoms with Crippen LogP contribution in [0.3, 0.4) is 0 Å². The summed E-state index contributed by atoms with van der Waals surface area (Å²) >= 11 is 6.76. The van der Waals surface area contributed by atoms with E-state index in [2.05, 4.69) is 67.6 Å². The number of carbonyl (C=O) groups is 1. The molecule has 4 aromatic rings. The van der Waals surface area contributed by atoms with Crippen molar-refractivity contribution in [3.05, 3.63) is 102 Å². The summed E-state index contributed by atoms with van der Waals surface area (Å²) < 4.78 is 11.0. The van der Waals surface area contributed by atoms with Crippen LogP contribution in [-0.4, -0.2) is 18.2 Å². The molecule has 0 aliphatic heterocycles. The van der Waals surface area contributed by atoms with Crippen LogP contribution in [0.2, 0.25) is 5.02 Å². The Balaban J connectivity index is 1.31. The van der Waals surface area contributed by atoms with E-state index in [4.69, 9.17) is 21.1 Å². The predicted octanol–water partition coefficient (Wildman–Crippen LogP) is 11.7. The van der Waals surface area contributed by atoms with Crippen LogP contribution in [0.25, 0.3) is 33.4 Å². The fourth-order valence-electron chi connectivity index (χ4n) is 5.40. The third kappa shape index (κ3) is 9.99. The van der Waals surface area contributed by atoms with Crippen LogP contribution in [0.1, 0.15) is 84.6 Å². The van der Waals surface area contributed by atoms with Crippen LogP contribution in [0.5, 0.6) is 5.75 Å². The second kappa shape index (κ2) is 17.1. The Morgan fingerprint density at radius 2 is 1.14 bits per heavy atom. The Morgan fingerprint density at radius 3 is 1.70 bits per heavy atom. The molecular formula is C40H47ClO3. The molecule has 0 aliphatic carbocycles. The van der Waals surface area contributed by atoms with Crippen molar-refractivity contribution in [3.63, 3.8) is 0 Å². The van der Waals surface area contributed by atoms with Crippen LogP contribution in [-0.2, 0) is 16.0 Å². The number of benzene rings is 4. The second-order valence-electron chi connectivity index (χ2n) is 12.0. The molecule has 0 saturated carbocycles. The van der Waals surface area contributed by atoms with E-state index < -0.39 is 6.10 Å². The van der Waals surface area contributed by atoms with Gasteiger partial charge in [0.2, 0.25) is 0 Å². The number of aryl methyl sites for hydroxylation is 1. The van der Waals surface area contributed by atoms with E-state index in [0.717, 1.165) is 28.7 Å². The zero-order chi connectivity index (χ0) is 31.3. The summed E-state index contributed by atoms with van der Waals surface area (Å²) in [5.41, 5.74) is 8.00. The molecular weight excluding hydrogens is 564 g/mol. The summed E-state index contributed by atoms with van der Waals surface area (Å²) in [6.45, 7) is 7.61. The molecule has 3 nitrogen and oxygen atoms in total. The average Bonchev–Trinajstić information content (AvgIpc) is 3.03. The van der Waals surface area contributed by atoms with Gasteiger partial charge in [-0.05, 0) is 85.2 Å². The zero-order valence-corrected chi connectivity index (χ0v) is 27.5. The van der Waals surface area contributed by atoms with Crippen molar-refractivity contribution in [2.24, 2.45) is 0 Å². The molecule has 0 saturated heterocycles. The topological polar surface area (TPSA) is 35.5 Å². The summed E-state index contributed by atoms with van der Waals surface area (Å²) in [5.74, 6) is 0.228. The minimum Gasteiger partial charge on any atom is -0.479 e. The fraction of sp³-hybridized carbons (Fsp3) is 0.375. The van der Waals surface area contributed by atoms with E-state index >= 15 is 0 Å². The summed E-state index contributed by atoms with van der Waals surface area (Å²) in [5, 5.41) is 0.682. The Bertz CT molecular complexity index is 1440. The molecule has 0 radical (unpaired) electrons. The summed E-state index contributed by atoms with van der Waals surface area (Å²) in [6, 6.07) is 31.5. The number of ether oxygens (including phenoxy) is 2. The molecule has 0 bridgehead atoms. The molecule has 232 valence electrons. The van der Waals surface area contributed by atoms with Crippen LogP contribution < -0.4 is 4.74 Å². The lowest BCUT2D eigenvalue weighted by Crippen LogP contribution is -2.28. The van der Waals surface area contributed by atoms with Gasteiger partial charge in [-0.1, -0.05) is 136 Å². The first-order valence-corrected chi connectivity index (χ1v) is 16.7. The molecule has 0 fully saturated rings. The van der Waals surface area contributed by atoms with E-state index in [9.17, 15) is 4.79 Å². The predicted molar refractivity (Wildman–Crippen MR) is 185 cm³/mol. The number of halogens is 1. The molecule has 1 atom stereocenters. The summed E-state index contributed by atoms with van der Waals surface area (Å²) in [7, 11) is 0. The number of esters is 1. The summed E-state index contributed by atoms with van der Waals surface area (Å²) in [4.78, 5) is 12.1. The van der Waals surface area contributed by atoms with Crippen molar-refractivity contribution in [2.75, 3.05) is 0 Å². The highest BCUT2D eigenvalue weighted by Crippen LogP contribution is 2.34. The van der Waals surface area contributed by atoms with Crippen LogP contribution in [0.15, 0.2) is 91.0 Å². The van der Waals surface area contributed by atoms with Gasteiger partial charge in [0, 0.05) is 10.6 Å². The third-order valence-electron chi connectivity index (χ3n) is 7.96. The number of unbranched alkanes of at least 4 members (excludes halogenated alkanes) is 7. The quantitative estimate of drug-likeness (QED) is 0.0934. The van der Waals surface area contributed by atoms with Crippen LogP contribution in [0.4, 0.5) is 0 Å². The molecule has 0 aromatic heterocycles. The maximum Gasteiger partial charge on any atom is 0.347 e. The SMILES string of the molecule is CCCCCCCCCCc1ccc(-c2ccc(-c3ccc(-c4ccc(OC(C)C(=O)OC(C)C)cc4)c(Cl)c3)cc2)cc1. The third-order valence-corrected chi connectivity index (χ3v) is 8.27. The highest BCUT2D eigenvalue weighted by atomic mass is 35.5. The van der Waals surface area contributed by atoms with Gasteiger partial charge in [0.15, 0.2) is 6.10 Å². The van der Waals surface area contributed by atoms with Gasteiger partial charge < -0.3 is 9.47 Å². The Morgan fingerprint density at radius 1 is 0.636 bits per heavy atom. The smallest absolute Gasteiger partial charge is 0.347 e. The molecule has 0 N–H and O–H groups in total. The summed E-state index contributed by atoms with van der Waals surface area (Å²) in [6.07, 6.45) is 11.2. The highest BCUT2D eigenvalue weighted by Gasteiger charge is 2.17. The van der Waals surface area contributed by atoms with Crippen LogP contribution in [0, 0.1) is 0 Å². The molecule has 44 heavy (non-hydrogen) atoms. The molecule has 0 aliphatic rings. The second-order valence-corrected chi connectivity index (χ2v) is 12.4. The first-order chi connectivity index (χ1) is 21.3. The van der Waals surface area contributed by atoms with E-state index in [1.807, 2.05) is 44.2 Å². The van der Waals surface area contributed by atoms with E-state index in [1.54, 1.807) is 6.92 Å². The normalized spacial score (nSPS) is 11.9. The standard InChI is InChI=1S/C40H47ClO3/c1-5-6-7-8-9-10-11-12-13-31-14-16-32(17-15-31)33-18-20-34(21-19-33)36-24-27-38(39(41)28-36)35-22-25-37(26-23-35)44-30(4)40(42)43-29(2)3/h14-30H,5-13H2,1-4H3. The van der Waals surface area contributed by atoms with Crippen molar-refractivity contribution < 1.29 is 14.3 Å². The maximum absolute atomic E-state index is 12.1. The molecule has 0 heterocycles. The number of hydrogen-bond donors (Lipinski definition) is 0. The van der Waals surface area contributed by atoms with E-state index in [1.165, 1.54) is 68.1 Å². The van der Waals surface area contributed by atoms with E-state index in [-0.39, 0.29) is 12.1 Å². The monoisotopic (exact) mass is 610 g/mol. The van der Waals surface area contributed by atoms with Gasteiger partial charge in [-0.15, -0.1) is 0 Å². The van der Waals surface area contributed by atoms with Crippen molar-refractivity contribution in [1.82, 2.24) is 0 Å². The molecule has 1 unspecified atom stereocenters. The molecule has 0 spiro atoms. The van der Waals surface area contributed by atoms with Gasteiger partial charge >= 0.3 is 5.97 Å². The van der Waals surface area contributed by atoms with Crippen molar-refractivity contribution in [1.29, 1.82) is 0 Å². The van der Waals surface area contributed by atoms with Crippen molar-refractivity contribution in [3.8, 4) is 39.1 Å². The lowest BCUT2D eigenvalue weighted by molar-refractivity contribution is -0.154. The minimum absolute atomic E-state index is 0.176. The Kier molecular flexibility index (Phi) is 12.9. The average molecular weight is 611 g/mol. The maximum atomic E-state index is 12.1. The van der Waals surface area contributed by atoms with E-state index in [0.29, 0.717) is 10.8 Å². The number of carbonyl (C=O) groups excluding carboxylic acids is 1. The van der Waals surface area contributed by atoms with Crippen molar-refractivity contribution in [2.45, 2.75) is 97.7 Å². The molecule has 4 aromatic carbocycles. The van der Waals surface area contributed by atoms with Crippen LogP contribution >= 0.6 is 11.6 Å². The fourth-order valence-corrected chi connectivity index (χ4v) is 5.69. The Hall–Kier alpha value is -3.56. The number of rotatable bonds is 16. The number of hydrogen-bond acceptors (Lipinski definition) is 3. The van der Waals surface area contributed by atoms with Gasteiger partial charge in [0.25, 0.3) is 0 Å². The van der Waals surface area contributed by atoms with Gasteiger partial charge in [0.1, 0.15) is 5.75 Å². The largest absolute Gasteiger partial charge is 0.479 e. The first kappa shape index (κ1) is 33.3. The first-order valence-electron chi connectivity index (χ1n) is 16.3. The van der Waals surface area contributed by atoms with Gasteiger partial charge in [-0.2, -0.15) is 0 Å². The molecule has 4 rings (SSSR count). The minimum atomic E-state index is -0.679. The van der Waals surface area contributed by atoms with Crippen molar-refractivity contribution >= 4 is 17.6 Å². The highest BCUT2D eigenvalue weighted by molar-refractivity contribution is 6.33. The molecule has 0 amide bonds.